The SMILES string of the molecule is CC(CN)SCc1ccc(C(=O)NN)o1. The van der Waals surface area contributed by atoms with E-state index in [1.807, 2.05) is 12.3 Å². The van der Waals surface area contributed by atoms with Crippen molar-refractivity contribution in [3.05, 3.63) is 23.7 Å². The van der Waals surface area contributed by atoms with Crippen LogP contribution in [0.3, 0.4) is 0 Å². The van der Waals surface area contributed by atoms with Gasteiger partial charge in [-0.25, -0.2) is 5.84 Å². The Morgan fingerprint density at radius 1 is 1.67 bits per heavy atom. The molecule has 1 aromatic rings. The fourth-order valence-electron chi connectivity index (χ4n) is 0.941. The molecule has 0 aliphatic heterocycles. The van der Waals surface area contributed by atoms with Crippen molar-refractivity contribution in [2.75, 3.05) is 6.54 Å². The lowest BCUT2D eigenvalue weighted by Crippen LogP contribution is -2.29. The second-order valence-corrected chi connectivity index (χ2v) is 4.52. The average Bonchev–Trinajstić information content (AvgIpc) is 2.73. The summed E-state index contributed by atoms with van der Waals surface area (Å²) in [6, 6.07) is 3.37. The monoisotopic (exact) mass is 229 g/mol. The maximum absolute atomic E-state index is 11.1. The van der Waals surface area contributed by atoms with Crippen molar-refractivity contribution in [3.63, 3.8) is 0 Å². The predicted molar refractivity (Wildman–Crippen MR) is 60.2 cm³/mol. The molecule has 5 nitrogen and oxygen atoms in total. The first-order valence-electron chi connectivity index (χ1n) is 4.58. The van der Waals surface area contributed by atoms with E-state index >= 15 is 0 Å². The Kier molecular flexibility index (Phi) is 4.67. The fraction of sp³-hybridized carbons (Fsp3) is 0.444. The number of thioether (sulfide) groups is 1. The molecule has 1 heterocycles. The Balaban J connectivity index is 2.49. The standard InChI is InChI=1S/C9H15N3O2S/c1-6(4-10)15-5-7-2-3-8(14-7)9(13)12-11/h2-3,6H,4-5,10-11H2,1H3,(H,12,13). The molecule has 0 radical (unpaired) electrons. The number of nitrogen functional groups attached to an aromatic ring is 1. The number of nitrogens with two attached hydrogens (primary N) is 2. The van der Waals surface area contributed by atoms with Gasteiger partial charge in [0.2, 0.25) is 0 Å². The van der Waals surface area contributed by atoms with Crippen LogP contribution >= 0.6 is 11.8 Å². The second kappa shape index (κ2) is 5.79. The molecule has 0 aliphatic rings. The van der Waals surface area contributed by atoms with Gasteiger partial charge < -0.3 is 10.2 Å². The molecule has 0 aliphatic carbocycles. The van der Waals surface area contributed by atoms with E-state index in [4.69, 9.17) is 16.0 Å². The van der Waals surface area contributed by atoms with Crippen LogP contribution < -0.4 is 17.0 Å². The maximum Gasteiger partial charge on any atom is 0.300 e. The van der Waals surface area contributed by atoms with Crippen LogP contribution in [-0.2, 0) is 5.75 Å². The second-order valence-electron chi connectivity index (χ2n) is 3.10. The summed E-state index contributed by atoms with van der Waals surface area (Å²) in [5, 5.41) is 0.377. The molecule has 0 saturated carbocycles. The van der Waals surface area contributed by atoms with E-state index in [1.165, 1.54) is 0 Å². The molecule has 1 rings (SSSR count). The molecule has 1 unspecified atom stereocenters. The lowest BCUT2D eigenvalue weighted by Gasteiger charge is -2.05. The average molecular weight is 229 g/mol. The van der Waals surface area contributed by atoms with Gasteiger partial charge in [-0.3, -0.25) is 10.2 Å². The first-order chi connectivity index (χ1) is 7.17. The van der Waals surface area contributed by atoms with Crippen LogP contribution in [0.2, 0.25) is 0 Å². The highest BCUT2D eigenvalue weighted by Crippen LogP contribution is 2.18. The van der Waals surface area contributed by atoms with Gasteiger partial charge in [0, 0.05) is 11.8 Å². The lowest BCUT2D eigenvalue weighted by atomic mass is 10.4. The maximum atomic E-state index is 11.1. The summed E-state index contributed by atoms with van der Waals surface area (Å²) in [5.41, 5.74) is 7.49. The van der Waals surface area contributed by atoms with Gasteiger partial charge in [-0.15, -0.1) is 11.8 Å². The summed E-state index contributed by atoms with van der Waals surface area (Å²) in [6.45, 7) is 2.67. The minimum Gasteiger partial charge on any atom is -0.455 e. The number of furan rings is 1. The minimum atomic E-state index is -0.418. The number of hydrogen-bond donors (Lipinski definition) is 3. The van der Waals surface area contributed by atoms with Crippen LogP contribution in [0.4, 0.5) is 0 Å². The van der Waals surface area contributed by atoms with E-state index in [0.29, 0.717) is 17.5 Å². The van der Waals surface area contributed by atoms with E-state index in [-0.39, 0.29) is 5.76 Å². The summed E-state index contributed by atoms with van der Waals surface area (Å²) in [4.78, 5) is 11.1. The third-order valence-corrected chi connectivity index (χ3v) is 3.07. The van der Waals surface area contributed by atoms with Crippen LogP contribution in [0.5, 0.6) is 0 Å². The van der Waals surface area contributed by atoms with Crippen LogP contribution in [0.1, 0.15) is 23.2 Å². The molecule has 1 atom stereocenters. The number of nitrogens with one attached hydrogen (secondary N) is 1. The Bertz CT molecular complexity index is 327. The van der Waals surface area contributed by atoms with E-state index in [2.05, 4.69) is 0 Å². The molecule has 0 bridgehead atoms. The van der Waals surface area contributed by atoms with E-state index in [1.54, 1.807) is 23.9 Å². The Morgan fingerprint density at radius 3 is 3.00 bits per heavy atom. The topological polar surface area (TPSA) is 94.3 Å². The summed E-state index contributed by atoms with van der Waals surface area (Å²) in [5.74, 6) is 6.24. The minimum absolute atomic E-state index is 0.230. The van der Waals surface area contributed by atoms with Crippen molar-refractivity contribution in [1.29, 1.82) is 0 Å². The smallest absolute Gasteiger partial charge is 0.300 e. The molecule has 0 saturated heterocycles. The highest BCUT2D eigenvalue weighted by molar-refractivity contribution is 7.99. The van der Waals surface area contributed by atoms with Crippen molar-refractivity contribution >= 4 is 17.7 Å². The van der Waals surface area contributed by atoms with Gasteiger partial charge in [0.05, 0.1) is 5.75 Å². The third kappa shape index (κ3) is 3.58. The summed E-state index contributed by atoms with van der Waals surface area (Å²) in [7, 11) is 0. The zero-order valence-corrected chi connectivity index (χ0v) is 9.34. The van der Waals surface area contributed by atoms with E-state index in [9.17, 15) is 4.79 Å². The highest BCUT2D eigenvalue weighted by Gasteiger charge is 2.10. The number of hydrogen-bond acceptors (Lipinski definition) is 5. The molecule has 1 aromatic heterocycles. The Labute approximate surface area is 92.5 Å². The van der Waals surface area contributed by atoms with Crippen molar-refractivity contribution in [2.45, 2.75) is 17.9 Å². The molecule has 6 heteroatoms. The molecule has 0 fully saturated rings. The van der Waals surface area contributed by atoms with E-state index < -0.39 is 5.91 Å². The Morgan fingerprint density at radius 2 is 2.40 bits per heavy atom. The molecule has 15 heavy (non-hydrogen) atoms. The van der Waals surface area contributed by atoms with Gasteiger partial charge in [-0.1, -0.05) is 6.92 Å². The third-order valence-electron chi connectivity index (χ3n) is 1.86. The molecule has 0 aromatic carbocycles. The van der Waals surface area contributed by atoms with Crippen molar-refractivity contribution < 1.29 is 9.21 Å². The molecule has 5 N–H and O–H groups in total. The summed E-state index contributed by atoms with van der Waals surface area (Å²) in [6.07, 6.45) is 0. The van der Waals surface area contributed by atoms with Gasteiger partial charge in [0.15, 0.2) is 5.76 Å². The summed E-state index contributed by atoms with van der Waals surface area (Å²) >= 11 is 1.68. The molecule has 0 spiro atoms. The van der Waals surface area contributed by atoms with Gasteiger partial charge in [0.1, 0.15) is 5.76 Å². The highest BCUT2D eigenvalue weighted by atomic mass is 32.2. The van der Waals surface area contributed by atoms with Crippen molar-refractivity contribution in [1.82, 2.24) is 5.43 Å². The first kappa shape index (κ1) is 12.1. The molecule has 1 amide bonds. The first-order valence-corrected chi connectivity index (χ1v) is 5.63. The van der Waals surface area contributed by atoms with Crippen molar-refractivity contribution in [2.24, 2.45) is 11.6 Å². The molecular formula is C9H15N3O2S. The van der Waals surface area contributed by atoms with Gasteiger partial charge in [0.25, 0.3) is 0 Å². The Hall–Kier alpha value is -0.980. The number of carbonyl (C=O) groups is 1. The number of carbonyl (C=O) groups excluding carboxylic acids is 1. The predicted octanol–water partition coefficient (Wildman–Crippen LogP) is 0.464. The lowest BCUT2D eigenvalue weighted by molar-refractivity contribution is 0.0924. The van der Waals surface area contributed by atoms with Crippen LogP contribution in [0, 0.1) is 0 Å². The fourth-order valence-corrected chi connectivity index (χ4v) is 1.68. The number of rotatable bonds is 5. The molecule has 84 valence electrons. The quantitative estimate of drug-likeness (QED) is 0.387. The van der Waals surface area contributed by atoms with Crippen LogP contribution in [0.25, 0.3) is 0 Å². The molecular weight excluding hydrogens is 214 g/mol. The van der Waals surface area contributed by atoms with Crippen molar-refractivity contribution in [3.8, 4) is 0 Å². The summed E-state index contributed by atoms with van der Waals surface area (Å²) < 4.78 is 5.28. The largest absolute Gasteiger partial charge is 0.455 e. The van der Waals surface area contributed by atoms with Crippen LogP contribution in [-0.4, -0.2) is 17.7 Å². The number of hydrazine groups is 1. The van der Waals surface area contributed by atoms with Crippen LogP contribution in [0.15, 0.2) is 16.5 Å². The normalized spacial score (nSPS) is 12.5. The zero-order chi connectivity index (χ0) is 11.3. The zero-order valence-electron chi connectivity index (χ0n) is 8.53. The van der Waals surface area contributed by atoms with Gasteiger partial charge in [-0.2, -0.15) is 0 Å². The van der Waals surface area contributed by atoms with Gasteiger partial charge >= 0.3 is 5.91 Å². The number of amides is 1. The van der Waals surface area contributed by atoms with Gasteiger partial charge in [-0.05, 0) is 12.1 Å². The van der Waals surface area contributed by atoms with E-state index in [0.717, 1.165) is 5.76 Å².